The number of nitro benzene ring substituents is 2. The number of nitro groups is 2. The number of carbonyl (C=O) groups excluding carboxylic acids is 2. The minimum absolute atomic E-state index is 0. The van der Waals surface area contributed by atoms with Crippen molar-refractivity contribution in [1.82, 2.24) is 50.6 Å². The highest BCUT2D eigenvalue weighted by Crippen LogP contribution is 2.44. The smallest absolute Gasteiger partial charge is 0.402 e. The van der Waals surface area contributed by atoms with Crippen LogP contribution in [0, 0.1) is 92.1 Å². The zero-order valence-corrected chi connectivity index (χ0v) is 74.9. The van der Waals surface area contributed by atoms with E-state index in [4.69, 9.17) is 58.9 Å². The third-order valence-corrected chi connectivity index (χ3v) is 24.2. The Hall–Kier alpha value is -13.6. The van der Waals surface area contributed by atoms with E-state index >= 15 is 0 Å². The van der Waals surface area contributed by atoms with Crippen molar-refractivity contribution >= 4 is 113 Å². The van der Waals surface area contributed by atoms with Gasteiger partial charge in [0.25, 0.3) is 11.4 Å². The third-order valence-electron chi connectivity index (χ3n) is 24.2. The number of aryl methyl sites for hydroxylation is 3. The number of aliphatic hydroxyl groups is 1. The van der Waals surface area contributed by atoms with E-state index in [1.165, 1.54) is 100 Å². The van der Waals surface area contributed by atoms with Gasteiger partial charge in [-0.05, 0) is 162 Å². The van der Waals surface area contributed by atoms with Crippen molar-refractivity contribution < 1.29 is 91.6 Å². The number of nitrogens with two attached hydrogens (primary N) is 1. The van der Waals surface area contributed by atoms with Gasteiger partial charge in [-0.15, -0.1) is 12.4 Å². The Morgan fingerprint density at radius 3 is 1.24 bits per heavy atom. The summed E-state index contributed by atoms with van der Waals surface area (Å²) in [6.45, 7) is 13.1. The largest absolute Gasteiger partial charge is 0.618 e. The number of nitrogen functional groups attached to an aromatic ring is 1. The molecule has 2 saturated heterocycles. The molecule has 10 heterocycles. The van der Waals surface area contributed by atoms with Crippen LogP contribution in [0.25, 0.3) is 54.5 Å². The number of aromatic hydroxyl groups is 1. The van der Waals surface area contributed by atoms with Crippen molar-refractivity contribution in [3.05, 3.63) is 216 Å². The predicted molar refractivity (Wildman–Crippen MR) is 532 cm³/mol. The SMILES string of the molecule is C.C.C.C.C.C.CC1CCC2(CC1)OCCO2.Cc1cccc(C(=O)Nc2cc3cn(C4CCC5(CC4)OCCO5)nc3cc2OCC2CC2)[n+]1[O-].Cc1cccc(C(=O)Nc2cc3cn[nH]c3cc2OCC2CC2)[n+]1[O-].Cc1cccc(C(=O)O)[n+]1[O-].Cl.Nc1cc2cn[nH]c2cc1OCC1CC1.O=[N+]([O-])c1cc2cn[nH]c2cc1O.O=[N+]([O-])c1cc2cn[nH]c2cc1OCC1CC1.OCC1CC1. The molecule has 5 aromatic carbocycles. The molecule has 9 aliphatic rings. The summed E-state index contributed by atoms with van der Waals surface area (Å²) in [5.41, 5.74) is 12.4. The van der Waals surface area contributed by atoms with Gasteiger partial charge >= 0.3 is 34.9 Å². The maximum Gasteiger partial charge on any atom is 0.402 e. The Morgan fingerprint density at radius 1 is 0.482 bits per heavy atom. The second-order valence-electron chi connectivity index (χ2n) is 34.8. The highest BCUT2D eigenvalue weighted by Gasteiger charge is 2.42. The molecular weight excluding hydrogens is 1810 g/mol. The molecule has 8 aromatic heterocycles. The monoisotopic (exact) mass is 1940 g/mol. The quantitative estimate of drug-likeness (QED) is 0.0105. The lowest BCUT2D eigenvalue weighted by atomic mass is 9.86. The standard InChI is InChI=1S/C26H30N4O5.C18H18N4O3.C11H11N3O3.C11H13N3O.C9H16O2.C7H5N3O3.C7H7NO3.C4H8O.6CH4.ClH/c1-17-3-2-4-23(30(17)32)25(31)27-22-13-19-15-29(20-7-9-26(10-8-20)34-11-12-35-26)28-21(19)14-24(22)33-16-18-5-6-18;1-11-3-2-4-16(22(11)24)18(23)20-15-7-13-9-19-21-14(13)8-17(15)25-10-12-5-6-12;15-14(16)10-3-8-5-12-13-9(8)4-11(10)17-6-7-1-2-7;12-9-3-8-5-13-14-10(8)4-11(9)15-6-7-1-2-7;1-8-2-4-9(5-3-8)10-6-7-11-9;11-7-2-5-4(3-8-9-5)1-6(7)10(12)13;1-5-3-2-4-6(7(9)10)8(5)11;5-3-4-1-2-4;;;;;;;/h2-4,13-15,18,20H,5-12,16H2,1H3,(H,27,31);2-4,7-9,12H,5-6,10H2,1H3,(H,19,21)(H,20,23);3-5,7H,1-2,6H2,(H,12,13);3-5,7H,1-2,6,12H2,(H,13,14);8H,2-7H2,1H3;1-3,11H,(H,8,9);2-4H,1H3,(H,9,10);4-5H,1-3H2;6*1H4;1H. The highest BCUT2D eigenvalue weighted by atomic mass is 35.5. The van der Waals surface area contributed by atoms with Crippen LogP contribution in [0.1, 0.15) is 222 Å². The number of H-pyrrole nitrogens is 4. The Morgan fingerprint density at radius 2 is 0.835 bits per heavy atom. The fourth-order valence-electron chi connectivity index (χ4n) is 15.1. The number of aromatic amines is 4. The first-order chi connectivity index (χ1) is 63.7. The molecule has 2 amide bonds. The lowest BCUT2D eigenvalue weighted by molar-refractivity contribution is -0.615. The first-order valence-corrected chi connectivity index (χ1v) is 44.5. The van der Waals surface area contributed by atoms with E-state index in [1.807, 2.05) is 41.2 Å². The van der Waals surface area contributed by atoms with Crippen LogP contribution in [-0.4, -0.2) is 165 Å². The maximum atomic E-state index is 13.0. The molecular formula is C99H133ClN18O21. The Balaban J connectivity index is 0.000000203. The number of benzene rings is 5. The molecule has 7 aliphatic carbocycles. The fourth-order valence-corrected chi connectivity index (χ4v) is 15.1. The highest BCUT2D eigenvalue weighted by molar-refractivity contribution is 6.05. The normalized spacial score (nSPS) is 16.5. The van der Waals surface area contributed by atoms with Crippen LogP contribution in [0.3, 0.4) is 0 Å². The number of rotatable bonds is 21. The van der Waals surface area contributed by atoms with Crippen molar-refractivity contribution in [2.45, 2.75) is 205 Å². The van der Waals surface area contributed by atoms with Gasteiger partial charge in [-0.1, -0.05) is 51.5 Å². The van der Waals surface area contributed by atoms with Crippen LogP contribution in [0.2, 0.25) is 0 Å². The van der Waals surface area contributed by atoms with E-state index in [1.54, 1.807) is 81.8 Å². The van der Waals surface area contributed by atoms with Crippen LogP contribution in [0.15, 0.2) is 146 Å². The number of phenolic OH excluding ortho intramolecular Hbond substituents is 1. The number of hydrogen-bond acceptors (Lipinski definition) is 26. The van der Waals surface area contributed by atoms with Gasteiger partial charge in [-0.2, -0.15) is 39.7 Å². The number of fused-ring (bicyclic) bond motifs is 5. The summed E-state index contributed by atoms with van der Waals surface area (Å²) in [6.07, 6.45) is 28.9. The zero-order valence-electron chi connectivity index (χ0n) is 74.1. The van der Waals surface area contributed by atoms with Crippen molar-refractivity contribution in [1.29, 1.82) is 0 Å². The number of nitrogens with one attached hydrogen (secondary N) is 6. The lowest BCUT2D eigenvalue weighted by Gasteiger charge is -2.35. The van der Waals surface area contributed by atoms with Gasteiger partial charge in [0.1, 0.15) is 17.2 Å². The fraction of sp³-hybridized carbons (Fsp3) is 0.465. The van der Waals surface area contributed by atoms with Gasteiger partial charge in [-0.25, -0.2) is 4.79 Å². The lowest BCUT2D eigenvalue weighted by Crippen LogP contribution is -2.39. The Bertz CT molecular complexity index is 6230. The molecule has 2 spiro atoms. The second kappa shape index (κ2) is 50.1. The Kier molecular flexibility index (Phi) is 39.9. The van der Waals surface area contributed by atoms with Gasteiger partial charge < -0.3 is 85.2 Å². The van der Waals surface area contributed by atoms with Crippen LogP contribution in [0.4, 0.5) is 28.4 Å². The number of ether oxygens (including phenoxy) is 8. The van der Waals surface area contributed by atoms with Gasteiger partial charge in [0.05, 0.1) is 138 Å². The van der Waals surface area contributed by atoms with Crippen LogP contribution < -0.4 is 49.5 Å². The molecule has 0 atom stereocenters. The molecule has 0 unspecified atom stereocenters. The number of pyridine rings is 3. The molecule has 39 nitrogen and oxygen atoms in total. The van der Waals surface area contributed by atoms with Crippen molar-refractivity contribution in [3.63, 3.8) is 0 Å². The summed E-state index contributed by atoms with van der Waals surface area (Å²) >= 11 is 0. The summed E-state index contributed by atoms with van der Waals surface area (Å²) in [7, 11) is 0. The summed E-state index contributed by atoms with van der Waals surface area (Å²) in [4.78, 5) is 56.2. The van der Waals surface area contributed by atoms with E-state index in [0.29, 0.717) is 140 Å². The number of carbonyl (C=O) groups is 3. The first kappa shape index (κ1) is 111. The van der Waals surface area contributed by atoms with Crippen LogP contribution in [-0.2, 0) is 18.9 Å². The number of carboxylic acid groups (broad SMARTS) is 1. The van der Waals surface area contributed by atoms with Gasteiger partial charge in [0, 0.05) is 165 Å². The molecule has 40 heteroatoms. The average Bonchev–Trinajstić information content (AvgIpc) is 1.63. The maximum absolute atomic E-state index is 13.0. The molecule has 2 aliphatic heterocycles. The number of hydrogen-bond donors (Lipinski definition) is 10. The van der Waals surface area contributed by atoms with E-state index < -0.39 is 33.4 Å². The molecule has 9 fully saturated rings. The summed E-state index contributed by atoms with van der Waals surface area (Å²) < 4.78 is 49.8. The zero-order chi connectivity index (χ0) is 92.7. The number of anilines is 3. The molecule has 13 aromatic rings. The van der Waals surface area contributed by atoms with Gasteiger partial charge in [0.2, 0.25) is 0 Å². The van der Waals surface area contributed by atoms with E-state index in [2.05, 4.69) is 58.3 Å². The number of amides is 2. The first-order valence-electron chi connectivity index (χ1n) is 44.5. The topological polar surface area (TPSA) is 535 Å². The second-order valence-corrected chi connectivity index (χ2v) is 34.8. The molecule has 139 heavy (non-hydrogen) atoms. The molecule has 0 bridgehead atoms. The van der Waals surface area contributed by atoms with Gasteiger partial charge in [0.15, 0.2) is 40.2 Å². The number of aromatic nitrogens is 13. The number of phenols is 1. The van der Waals surface area contributed by atoms with E-state index in [0.717, 1.165) is 145 Å². The molecule has 11 N–H and O–H groups in total. The third kappa shape index (κ3) is 29.5. The molecule has 0 radical (unpaired) electrons. The number of aromatic carboxylic acids is 1. The van der Waals surface area contributed by atoms with Gasteiger partial charge in [-0.3, -0.25) is 54.9 Å². The average molecular weight is 1950 g/mol. The van der Waals surface area contributed by atoms with Crippen LogP contribution >= 0.6 is 12.4 Å². The molecule has 7 saturated carbocycles. The minimum atomic E-state index is -1.20. The summed E-state index contributed by atoms with van der Waals surface area (Å²) in [5, 5.41) is 124. The van der Waals surface area contributed by atoms with Crippen molar-refractivity contribution in [2.24, 2.45) is 35.5 Å². The summed E-state index contributed by atoms with van der Waals surface area (Å²) in [5.74, 6) is 3.17. The van der Waals surface area contributed by atoms with Crippen molar-refractivity contribution in [2.75, 3.05) is 75.8 Å². The minimum Gasteiger partial charge on any atom is -0.618 e. The Labute approximate surface area is 813 Å². The number of carboxylic acids is 1. The van der Waals surface area contributed by atoms with Crippen molar-refractivity contribution in [3.8, 4) is 28.7 Å². The number of aliphatic hydroxyl groups excluding tert-OH is 1. The van der Waals surface area contributed by atoms with Crippen LogP contribution in [0.5, 0.6) is 28.7 Å². The van der Waals surface area contributed by atoms with E-state index in [-0.39, 0.29) is 103 Å². The molecule has 22 rings (SSSR count). The van der Waals surface area contributed by atoms with E-state index in [9.17, 15) is 55.3 Å². The number of nitrogens with zero attached hydrogens (tertiary/aromatic N) is 11. The number of halogens is 1. The predicted octanol–water partition coefficient (Wildman–Crippen LogP) is 18.7. The summed E-state index contributed by atoms with van der Waals surface area (Å²) in [6, 6.07) is 31.2. The molecule has 752 valence electrons.